The fraction of sp³-hybridized carbons (Fsp3) is 0.615. The first-order valence-electron chi connectivity index (χ1n) is 6.17. The van der Waals surface area contributed by atoms with Gasteiger partial charge in [0.2, 0.25) is 0 Å². The van der Waals surface area contributed by atoms with Crippen LogP contribution in [0.2, 0.25) is 0 Å². The standard InChI is InChI=1S/C13H21N3O/c1-17-10-11-4-6-16(8-11)9-13-12(7-14)3-2-5-15-13/h2-3,5,11H,4,6-10,14H2,1H3. The van der Waals surface area contributed by atoms with Gasteiger partial charge in [-0.3, -0.25) is 9.88 Å². The van der Waals surface area contributed by atoms with Gasteiger partial charge in [0.25, 0.3) is 0 Å². The molecule has 4 nitrogen and oxygen atoms in total. The molecule has 1 aliphatic heterocycles. The van der Waals surface area contributed by atoms with E-state index in [1.807, 2.05) is 12.3 Å². The number of ether oxygens (including phenoxy) is 1. The summed E-state index contributed by atoms with van der Waals surface area (Å²) in [6, 6.07) is 4.01. The van der Waals surface area contributed by atoms with E-state index >= 15 is 0 Å². The van der Waals surface area contributed by atoms with Crippen LogP contribution in [0.5, 0.6) is 0 Å². The van der Waals surface area contributed by atoms with Gasteiger partial charge in [-0.2, -0.15) is 0 Å². The number of pyridine rings is 1. The van der Waals surface area contributed by atoms with E-state index in [1.165, 1.54) is 6.42 Å². The zero-order valence-corrected chi connectivity index (χ0v) is 10.4. The van der Waals surface area contributed by atoms with E-state index in [4.69, 9.17) is 10.5 Å². The highest BCUT2D eigenvalue weighted by atomic mass is 16.5. The molecule has 0 aliphatic carbocycles. The molecule has 1 aliphatic rings. The predicted molar refractivity (Wildman–Crippen MR) is 67.4 cm³/mol. The van der Waals surface area contributed by atoms with Crippen LogP contribution >= 0.6 is 0 Å². The molecule has 1 saturated heterocycles. The van der Waals surface area contributed by atoms with Crippen molar-refractivity contribution in [1.82, 2.24) is 9.88 Å². The van der Waals surface area contributed by atoms with Crippen LogP contribution in [-0.2, 0) is 17.8 Å². The Hall–Kier alpha value is -0.970. The van der Waals surface area contributed by atoms with Crippen molar-refractivity contribution in [2.45, 2.75) is 19.5 Å². The molecule has 0 radical (unpaired) electrons. The lowest BCUT2D eigenvalue weighted by molar-refractivity contribution is 0.152. The van der Waals surface area contributed by atoms with Crippen molar-refractivity contribution in [2.75, 3.05) is 26.8 Å². The highest BCUT2D eigenvalue weighted by Gasteiger charge is 2.22. The third-order valence-electron chi connectivity index (χ3n) is 3.35. The molecular weight excluding hydrogens is 214 g/mol. The topological polar surface area (TPSA) is 51.4 Å². The molecule has 2 N–H and O–H groups in total. The van der Waals surface area contributed by atoms with Crippen LogP contribution in [0.25, 0.3) is 0 Å². The zero-order chi connectivity index (χ0) is 12.1. The van der Waals surface area contributed by atoms with Crippen molar-refractivity contribution in [3.05, 3.63) is 29.6 Å². The van der Waals surface area contributed by atoms with Gasteiger partial charge in [-0.05, 0) is 30.5 Å². The van der Waals surface area contributed by atoms with Gasteiger partial charge in [0.15, 0.2) is 0 Å². The number of nitrogens with zero attached hydrogens (tertiary/aromatic N) is 2. The number of likely N-dealkylation sites (tertiary alicyclic amines) is 1. The Kier molecular flexibility index (Phi) is 4.48. The Labute approximate surface area is 103 Å². The fourth-order valence-corrected chi connectivity index (χ4v) is 2.44. The third kappa shape index (κ3) is 3.25. The number of hydrogen-bond acceptors (Lipinski definition) is 4. The quantitative estimate of drug-likeness (QED) is 0.827. The molecule has 0 aromatic carbocycles. The molecule has 2 rings (SSSR count). The number of nitrogens with two attached hydrogens (primary N) is 1. The molecule has 0 spiro atoms. The fourth-order valence-electron chi connectivity index (χ4n) is 2.44. The highest BCUT2D eigenvalue weighted by Crippen LogP contribution is 2.19. The first-order chi connectivity index (χ1) is 8.33. The molecule has 4 heteroatoms. The Bertz CT molecular complexity index is 356. The zero-order valence-electron chi connectivity index (χ0n) is 10.4. The normalized spacial score (nSPS) is 20.9. The molecule has 94 valence electrons. The number of methoxy groups -OCH3 is 1. The van der Waals surface area contributed by atoms with Crippen LogP contribution in [0.1, 0.15) is 17.7 Å². The average Bonchev–Trinajstić information content (AvgIpc) is 2.78. The summed E-state index contributed by atoms with van der Waals surface area (Å²) < 4.78 is 5.21. The first-order valence-corrected chi connectivity index (χ1v) is 6.17. The van der Waals surface area contributed by atoms with Crippen molar-refractivity contribution in [1.29, 1.82) is 0 Å². The maximum absolute atomic E-state index is 5.72. The molecular formula is C13H21N3O. The molecule has 0 saturated carbocycles. The molecule has 1 unspecified atom stereocenters. The average molecular weight is 235 g/mol. The second-order valence-corrected chi connectivity index (χ2v) is 4.66. The van der Waals surface area contributed by atoms with E-state index in [0.717, 1.165) is 37.5 Å². The number of hydrogen-bond donors (Lipinski definition) is 1. The van der Waals surface area contributed by atoms with E-state index in [9.17, 15) is 0 Å². The second-order valence-electron chi connectivity index (χ2n) is 4.66. The van der Waals surface area contributed by atoms with Gasteiger partial charge < -0.3 is 10.5 Å². The van der Waals surface area contributed by atoms with Crippen molar-refractivity contribution < 1.29 is 4.74 Å². The number of rotatable bonds is 5. The van der Waals surface area contributed by atoms with Crippen molar-refractivity contribution in [3.8, 4) is 0 Å². The molecule has 0 amide bonds. The second kappa shape index (κ2) is 6.10. The van der Waals surface area contributed by atoms with Crippen molar-refractivity contribution in [3.63, 3.8) is 0 Å². The third-order valence-corrected chi connectivity index (χ3v) is 3.35. The van der Waals surface area contributed by atoms with Crippen LogP contribution < -0.4 is 5.73 Å². The van der Waals surface area contributed by atoms with Crippen LogP contribution in [0, 0.1) is 5.92 Å². The van der Waals surface area contributed by atoms with E-state index < -0.39 is 0 Å². The Morgan fingerprint density at radius 1 is 1.59 bits per heavy atom. The maximum Gasteiger partial charge on any atom is 0.0588 e. The van der Waals surface area contributed by atoms with Gasteiger partial charge in [-0.1, -0.05) is 6.07 Å². The Balaban J connectivity index is 1.93. The van der Waals surface area contributed by atoms with Gasteiger partial charge in [0.1, 0.15) is 0 Å². The molecule has 1 aromatic heterocycles. The molecule has 17 heavy (non-hydrogen) atoms. The maximum atomic E-state index is 5.72. The molecule has 1 atom stereocenters. The Morgan fingerprint density at radius 2 is 2.47 bits per heavy atom. The van der Waals surface area contributed by atoms with Crippen molar-refractivity contribution >= 4 is 0 Å². The minimum Gasteiger partial charge on any atom is -0.384 e. The lowest BCUT2D eigenvalue weighted by Crippen LogP contribution is -2.23. The van der Waals surface area contributed by atoms with Gasteiger partial charge in [0.05, 0.1) is 12.3 Å². The summed E-state index contributed by atoms with van der Waals surface area (Å²) in [6.45, 7) is 4.58. The lowest BCUT2D eigenvalue weighted by Gasteiger charge is -2.17. The SMILES string of the molecule is COCC1CCN(Cc2ncccc2CN)C1. The highest BCUT2D eigenvalue weighted by molar-refractivity contribution is 5.19. The first kappa shape index (κ1) is 12.5. The molecule has 0 bridgehead atoms. The summed E-state index contributed by atoms with van der Waals surface area (Å²) in [4.78, 5) is 6.87. The van der Waals surface area contributed by atoms with E-state index in [-0.39, 0.29) is 0 Å². The summed E-state index contributed by atoms with van der Waals surface area (Å²) in [5.74, 6) is 0.671. The minimum atomic E-state index is 0.568. The van der Waals surface area contributed by atoms with E-state index in [1.54, 1.807) is 7.11 Å². The van der Waals surface area contributed by atoms with Gasteiger partial charge in [-0.25, -0.2) is 0 Å². The lowest BCUT2D eigenvalue weighted by atomic mass is 10.1. The van der Waals surface area contributed by atoms with E-state index in [2.05, 4.69) is 16.0 Å². The van der Waals surface area contributed by atoms with Gasteiger partial charge in [0, 0.05) is 32.9 Å². The molecule has 1 fully saturated rings. The van der Waals surface area contributed by atoms with Crippen LogP contribution in [0.15, 0.2) is 18.3 Å². The van der Waals surface area contributed by atoms with Gasteiger partial charge in [-0.15, -0.1) is 0 Å². The monoisotopic (exact) mass is 235 g/mol. The summed E-state index contributed by atoms with van der Waals surface area (Å²) >= 11 is 0. The summed E-state index contributed by atoms with van der Waals surface area (Å²) in [5.41, 5.74) is 8.00. The largest absolute Gasteiger partial charge is 0.384 e. The van der Waals surface area contributed by atoms with Crippen LogP contribution in [-0.4, -0.2) is 36.7 Å². The predicted octanol–water partition coefficient (Wildman–Crippen LogP) is 1.01. The van der Waals surface area contributed by atoms with Crippen LogP contribution in [0.3, 0.4) is 0 Å². The molecule has 1 aromatic rings. The summed E-state index contributed by atoms with van der Waals surface area (Å²) in [7, 11) is 1.77. The van der Waals surface area contributed by atoms with Crippen molar-refractivity contribution in [2.24, 2.45) is 11.7 Å². The smallest absolute Gasteiger partial charge is 0.0588 e. The van der Waals surface area contributed by atoms with Crippen LogP contribution in [0.4, 0.5) is 0 Å². The number of aromatic nitrogens is 1. The Morgan fingerprint density at radius 3 is 3.24 bits per heavy atom. The summed E-state index contributed by atoms with van der Waals surface area (Å²) in [5, 5.41) is 0. The summed E-state index contributed by atoms with van der Waals surface area (Å²) in [6.07, 6.45) is 3.07. The van der Waals surface area contributed by atoms with E-state index in [0.29, 0.717) is 12.5 Å². The van der Waals surface area contributed by atoms with Gasteiger partial charge >= 0.3 is 0 Å². The molecule has 2 heterocycles. The minimum absolute atomic E-state index is 0.568.